The van der Waals surface area contributed by atoms with E-state index in [4.69, 9.17) is 9.84 Å². The SMILES string of the molecule is COc1cc(C)c(-c2cnc(C(=O)O)[nH]2)cc1C. The van der Waals surface area contributed by atoms with Crippen molar-refractivity contribution in [3.8, 4) is 17.0 Å². The number of carboxylic acids is 1. The highest BCUT2D eigenvalue weighted by Gasteiger charge is 2.12. The largest absolute Gasteiger partial charge is 0.496 e. The van der Waals surface area contributed by atoms with E-state index in [1.807, 2.05) is 26.0 Å². The maximum absolute atomic E-state index is 10.8. The number of aromatic nitrogens is 2. The summed E-state index contributed by atoms with van der Waals surface area (Å²) < 4.78 is 5.24. The molecule has 0 saturated heterocycles. The Bertz CT molecular complexity index is 602. The lowest BCUT2D eigenvalue weighted by Gasteiger charge is -2.09. The van der Waals surface area contributed by atoms with Gasteiger partial charge in [0, 0.05) is 5.56 Å². The molecule has 1 aromatic heterocycles. The number of rotatable bonds is 3. The van der Waals surface area contributed by atoms with Gasteiger partial charge >= 0.3 is 5.97 Å². The average molecular weight is 246 g/mol. The fourth-order valence-corrected chi connectivity index (χ4v) is 1.87. The molecule has 5 heteroatoms. The zero-order valence-electron chi connectivity index (χ0n) is 10.4. The van der Waals surface area contributed by atoms with Gasteiger partial charge in [-0.05, 0) is 37.1 Å². The van der Waals surface area contributed by atoms with E-state index in [1.54, 1.807) is 7.11 Å². The van der Waals surface area contributed by atoms with Crippen molar-refractivity contribution >= 4 is 5.97 Å². The Hall–Kier alpha value is -2.30. The van der Waals surface area contributed by atoms with Crippen molar-refractivity contribution in [2.45, 2.75) is 13.8 Å². The summed E-state index contributed by atoms with van der Waals surface area (Å²) in [5.41, 5.74) is 3.60. The average Bonchev–Trinajstić information content (AvgIpc) is 2.81. The molecule has 0 amide bonds. The van der Waals surface area contributed by atoms with Gasteiger partial charge < -0.3 is 14.8 Å². The van der Waals surface area contributed by atoms with Gasteiger partial charge in [0.05, 0.1) is 19.0 Å². The first kappa shape index (κ1) is 12.2. The topological polar surface area (TPSA) is 75.2 Å². The first-order chi connectivity index (χ1) is 8.52. The minimum atomic E-state index is -1.07. The minimum Gasteiger partial charge on any atom is -0.496 e. The summed E-state index contributed by atoms with van der Waals surface area (Å²) in [6.07, 6.45) is 1.53. The number of H-pyrrole nitrogens is 1. The smallest absolute Gasteiger partial charge is 0.371 e. The van der Waals surface area contributed by atoms with Crippen LogP contribution in [-0.4, -0.2) is 28.2 Å². The number of carboxylic acid groups (broad SMARTS) is 1. The molecule has 2 rings (SSSR count). The molecule has 5 nitrogen and oxygen atoms in total. The second-order valence-electron chi connectivity index (χ2n) is 4.09. The Morgan fingerprint density at radius 2 is 2.06 bits per heavy atom. The number of imidazole rings is 1. The summed E-state index contributed by atoms with van der Waals surface area (Å²) in [5.74, 6) is -0.309. The molecule has 0 saturated carbocycles. The Morgan fingerprint density at radius 3 is 2.61 bits per heavy atom. The summed E-state index contributed by atoms with van der Waals surface area (Å²) >= 11 is 0. The van der Waals surface area contributed by atoms with Crippen LogP contribution in [0.4, 0.5) is 0 Å². The van der Waals surface area contributed by atoms with Crippen molar-refractivity contribution < 1.29 is 14.6 Å². The molecule has 2 N–H and O–H groups in total. The van der Waals surface area contributed by atoms with E-state index < -0.39 is 5.97 Å². The second kappa shape index (κ2) is 4.52. The van der Waals surface area contributed by atoms with E-state index >= 15 is 0 Å². The molecule has 1 heterocycles. The number of ether oxygens (including phenoxy) is 1. The normalized spacial score (nSPS) is 10.4. The molecule has 18 heavy (non-hydrogen) atoms. The predicted molar refractivity (Wildman–Crippen MR) is 67.0 cm³/mol. The van der Waals surface area contributed by atoms with Crippen molar-refractivity contribution in [3.63, 3.8) is 0 Å². The van der Waals surface area contributed by atoms with Gasteiger partial charge in [-0.2, -0.15) is 0 Å². The van der Waals surface area contributed by atoms with Gasteiger partial charge in [0.1, 0.15) is 5.75 Å². The summed E-state index contributed by atoms with van der Waals surface area (Å²) in [7, 11) is 1.63. The fraction of sp³-hybridized carbons (Fsp3) is 0.231. The van der Waals surface area contributed by atoms with Gasteiger partial charge in [0.25, 0.3) is 0 Å². The standard InChI is InChI=1S/C13H14N2O3/c1-7-5-11(18-3)8(2)4-9(7)10-6-14-12(15-10)13(16)17/h4-6H,1-3H3,(H,14,15)(H,16,17). The first-order valence-electron chi connectivity index (χ1n) is 5.47. The molecule has 0 aliphatic heterocycles. The monoisotopic (exact) mass is 246 g/mol. The summed E-state index contributed by atoms with van der Waals surface area (Å²) in [6, 6.07) is 3.87. The van der Waals surface area contributed by atoms with Crippen molar-refractivity contribution in [2.75, 3.05) is 7.11 Å². The minimum absolute atomic E-state index is 0.0575. The summed E-state index contributed by atoms with van der Waals surface area (Å²) in [5, 5.41) is 8.84. The first-order valence-corrected chi connectivity index (χ1v) is 5.47. The van der Waals surface area contributed by atoms with Crippen LogP contribution in [0.25, 0.3) is 11.3 Å². The van der Waals surface area contributed by atoms with Crippen molar-refractivity contribution in [2.24, 2.45) is 0 Å². The van der Waals surface area contributed by atoms with Crippen LogP contribution in [0.1, 0.15) is 21.7 Å². The van der Waals surface area contributed by atoms with Gasteiger partial charge in [-0.15, -0.1) is 0 Å². The van der Waals surface area contributed by atoms with Crippen LogP contribution in [0.2, 0.25) is 0 Å². The molecule has 0 radical (unpaired) electrons. The van der Waals surface area contributed by atoms with Crippen LogP contribution in [0.15, 0.2) is 18.3 Å². The highest BCUT2D eigenvalue weighted by atomic mass is 16.5. The molecule has 0 spiro atoms. The third-order valence-electron chi connectivity index (χ3n) is 2.81. The number of methoxy groups -OCH3 is 1. The molecule has 0 aliphatic rings. The Morgan fingerprint density at radius 1 is 1.33 bits per heavy atom. The van der Waals surface area contributed by atoms with E-state index in [1.165, 1.54) is 6.20 Å². The van der Waals surface area contributed by atoms with Gasteiger partial charge in [0.15, 0.2) is 0 Å². The Balaban J connectivity index is 2.50. The van der Waals surface area contributed by atoms with Crippen molar-refractivity contribution in [3.05, 3.63) is 35.3 Å². The van der Waals surface area contributed by atoms with Crippen LogP contribution in [-0.2, 0) is 0 Å². The van der Waals surface area contributed by atoms with E-state index in [0.717, 1.165) is 22.4 Å². The number of aromatic amines is 1. The van der Waals surface area contributed by atoms with E-state index in [2.05, 4.69) is 9.97 Å². The molecular weight excluding hydrogens is 232 g/mol. The quantitative estimate of drug-likeness (QED) is 0.872. The summed E-state index contributed by atoms with van der Waals surface area (Å²) in [4.78, 5) is 17.4. The molecule has 0 bridgehead atoms. The lowest BCUT2D eigenvalue weighted by Crippen LogP contribution is -1.98. The van der Waals surface area contributed by atoms with Crippen LogP contribution < -0.4 is 4.74 Å². The molecule has 1 aromatic carbocycles. The van der Waals surface area contributed by atoms with Crippen LogP contribution in [0.3, 0.4) is 0 Å². The molecule has 0 atom stereocenters. The third-order valence-corrected chi connectivity index (χ3v) is 2.81. The van der Waals surface area contributed by atoms with Crippen molar-refractivity contribution in [1.29, 1.82) is 0 Å². The van der Waals surface area contributed by atoms with Crippen LogP contribution in [0.5, 0.6) is 5.75 Å². The van der Waals surface area contributed by atoms with Crippen LogP contribution >= 0.6 is 0 Å². The lowest BCUT2D eigenvalue weighted by molar-refractivity contribution is 0.0685. The number of carbonyl (C=O) groups is 1. The molecule has 0 aliphatic carbocycles. The fourth-order valence-electron chi connectivity index (χ4n) is 1.87. The molecule has 94 valence electrons. The van der Waals surface area contributed by atoms with E-state index in [9.17, 15) is 4.79 Å². The zero-order chi connectivity index (χ0) is 13.3. The van der Waals surface area contributed by atoms with E-state index in [-0.39, 0.29) is 5.82 Å². The lowest BCUT2D eigenvalue weighted by atomic mass is 10.0. The molecule has 0 unspecified atom stereocenters. The number of aryl methyl sites for hydroxylation is 2. The van der Waals surface area contributed by atoms with Gasteiger partial charge in [-0.1, -0.05) is 0 Å². The highest BCUT2D eigenvalue weighted by molar-refractivity contribution is 5.84. The van der Waals surface area contributed by atoms with Gasteiger partial charge in [-0.3, -0.25) is 0 Å². The zero-order valence-corrected chi connectivity index (χ0v) is 10.4. The molecular formula is C13H14N2O3. The van der Waals surface area contributed by atoms with Crippen LogP contribution in [0, 0.1) is 13.8 Å². The number of benzene rings is 1. The maximum Gasteiger partial charge on any atom is 0.371 e. The number of hydrogen-bond acceptors (Lipinski definition) is 3. The number of hydrogen-bond donors (Lipinski definition) is 2. The molecule has 2 aromatic rings. The maximum atomic E-state index is 10.8. The number of nitrogens with one attached hydrogen (secondary N) is 1. The summed E-state index contributed by atoms with van der Waals surface area (Å²) in [6.45, 7) is 3.88. The van der Waals surface area contributed by atoms with Gasteiger partial charge in [-0.25, -0.2) is 9.78 Å². The predicted octanol–water partition coefficient (Wildman–Crippen LogP) is 2.40. The second-order valence-corrected chi connectivity index (χ2v) is 4.09. The van der Waals surface area contributed by atoms with Gasteiger partial charge in [0.2, 0.25) is 5.82 Å². The number of nitrogens with zero attached hydrogens (tertiary/aromatic N) is 1. The third kappa shape index (κ3) is 2.07. The van der Waals surface area contributed by atoms with E-state index in [0.29, 0.717) is 5.69 Å². The van der Waals surface area contributed by atoms with Crippen molar-refractivity contribution in [1.82, 2.24) is 9.97 Å². The highest BCUT2D eigenvalue weighted by Crippen LogP contribution is 2.28. The number of aromatic carboxylic acids is 1. The Kier molecular flexibility index (Phi) is 3.06. The molecule has 0 fully saturated rings. The Labute approximate surface area is 104 Å².